The zero-order chi connectivity index (χ0) is 21.6. The zero-order valence-corrected chi connectivity index (χ0v) is 18.2. The van der Waals surface area contributed by atoms with Crippen LogP contribution in [-0.2, 0) is 10.0 Å². The van der Waals surface area contributed by atoms with Crippen LogP contribution in [0.2, 0.25) is 0 Å². The van der Waals surface area contributed by atoms with Crippen molar-refractivity contribution in [2.24, 2.45) is 0 Å². The summed E-state index contributed by atoms with van der Waals surface area (Å²) in [6.45, 7) is 4.78. The predicted molar refractivity (Wildman–Crippen MR) is 113 cm³/mol. The molecule has 0 aliphatic carbocycles. The van der Waals surface area contributed by atoms with E-state index in [2.05, 4.69) is 10.2 Å². The molecule has 8 nitrogen and oxygen atoms in total. The topological polar surface area (TPSA) is 94.8 Å². The third kappa shape index (κ3) is 3.68. The van der Waals surface area contributed by atoms with Gasteiger partial charge in [-0.3, -0.25) is 0 Å². The molecule has 5 rings (SSSR count). The lowest BCUT2D eigenvalue weighted by atomic mass is 10.00. The van der Waals surface area contributed by atoms with E-state index >= 15 is 0 Å². The monoisotopic (exact) mass is 441 g/mol. The summed E-state index contributed by atoms with van der Waals surface area (Å²) in [5.41, 5.74) is 2.53. The van der Waals surface area contributed by atoms with E-state index in [9.17, 15) is 8.42 Å². The molecule has 2 aliphatic rings. The predicted octanol–water partition coefficient (Wildman–Crippen LogP) is 3.65. The van der Waals surface area contributed by atoms with Crippen molar-refractivity contribution in [3.05, 3.63) is 53.4 Å². The number of benzene rings is 2. The first-order valence-electron chi connectivity index (χ1n) is 10.2. The Morgan fingerprint density at radius 1 is 1.03 bits per heavy atom. The number of ether oxygens (including phenoxy) is 2. The van der Waals surface area contributed by atoms with Crippen LogP contribution in [0.15, 0.2) is 45.7 Å². The Hall–Kier alpha value is -2.91. The van der Waals surface area contributed by atoms with Crippen LogP contribution in [0, 0.1) is 13.8 Å². The molecule has 0 bridgehead atoms. The normalized spacial score (nSPS) is 19.0. The maximum atomic E-state index is 13.3. The van der Waals surface area contributed by atoms with Gasteiger partial charge in [0.15, 0.2) is 11.5 Å². The number of piperidine rings is 1. The van der Waals surface area contributed by atoms with E-state index in [1.54, 1.807) is 18.2 Å². The number of aromatic nitrogens is 2. The Morgan fingerprint density at radius 2 is 1.87 bits per heavy atom. The summed E-state index contributed by atoms with van der Waals surface area (Å²) in [6, 6.07) is 10.9. The number of fused-ring (bicyclic) bond motifs is 1. The van der Waals surface area contributed by atoms with Gasteiger partial charge in [-0.15, -0.1) is 10.2 Å². The van der Waals surface area contributed by atoms with Gasteiger partial charge in [0.2, 0.25) is 28.6 Å². The molecular formula is C22H23N3O5S. The van der Waals surface area contributed by atoms with E-state index in [1.807, 2.05) is 32.0 Å². The molecule has 0 amide bonds. The Balaban J connectivity index is 1.37. The van der Waals surface area contributed by atoms with Crippen LogP contribution in [0.4, 0.5) is 0 Å². The van der Waals surface area contributed by atoms with Crippen LogP contribution in [0.3, 0.4) is 0 Å². The highest BCUT2D eigenvalue weighted by Crippen LogP contribution is 2.37. The van der Waals surface area contributed by atoms with Crippen LogP contribution in [0.5, 0.6) is 11.5 Å². The molecule has 0 saturated carbocycles. The lowest BCUT2D eigenvalue weighted by molar-refractivity contribution is 0.174. The van der Waals surface area contributed by atoms with Crippen molar-refractivity contribution in [3.8, 4) is 23.0 Å². The minimum atomic E-state index is -3.59. The lowest BCUT2D eigenvalue weighted by Gasteiger charge is -2.30. The molecule has 3 heterocycles. The van der Waals surface area contributed by atoms with Crippen molar-refractivity contribution in [2.45, 2.75) is 37.5 Å². The van der Waals surface area contributed by atoms with Crippen molar-refractivity contribution in [1.29, 1.82) is 0 Å². The van der Waals surface area contributed by atoms with E-state index < -0.39 is 10.0 Å². The molecule has 9 heteroatoms. The number of rotatable bonds is 4. The van der Waals surface area contributed by atoms with Gasteiger partial charge < -0.3 is 13.9 Å². The van der Waals surface area contributed by atoms with Gasteiger partial charge in [0.1, 0.15) is 0 Å². The van der Waals surface area contributed by atoms with Gasteiger partial charge in [-0.2, -0.15) is 4.31 Å². The molecule has 3 aromatic rings. The number of nitrogens with zero attached hydrogens (tertiary/aromatic N) is 3. The average Bonchev–Trinajstić information content (AvgIpc) is 3.43. The fraction of sp³-hybridized carbons (Fsp3) is 0.364. The first-order valence-corrected chi connectivity index (χ1v) is 11.7. The Kier molecular flexibility index (Phi) is 4.94. The van der Waals surface area contributed by atoms with Gasteiger partial charge in [0.05, 0.1) is 10.8 Å². The second-order valence-corrected chi connectivity index (χ2v) is 9.89. The molecule has 0 N–H and O–H groups in total. The van der Waals surface area contributed by atoms with Gasteiger partial charge in [-0.05, 0) is 56.5 Å². The zero-order valence-electron chi connectivity index (χ0n) is 17.4. The van der Waals surface area contributed by atoms with Crippen molar-refractivity contribution < 1.29 is 22.3 Å². The van der Waals surface area contributed by atoms with Crippen LogP contribution in [0.1, 0.15) is 35.8 Å². The molecule has 31 heavy (non-hydrogen) atoms. The molecule has 2 aromatic carbocycles. The molecule has 0 radical (unpaired) electrons. The summed E-state index contributed by atoms with van der Waals surface area (Å²) in [5.74, 6) is 2.00. The Bertz CT molecular complexity index is 1240. The van der Waals surface area contributed by atoms with E-state index in [0.717, 1.165) is 29.5 Å². The minimum Gasteiger partial charge on any atom is -0.454 e. The number of aryl methyl sites for hydroxylation is 2. The summed E-state index contributed by atoms with van der Waals surface area (Å²) in [4.78, 5) is 0.352. The van der Waals surface area contributed by atoms with Crippen molar-refractivity contribution in [2.75, 3.05) is 19.9 Å². The van der Waals surface area contributed by atoms with Crippen molar-refractivity contribution in [1.82, 2.24) is 14.5 Å². The highest BCUT2D eigenvalue weighted by atomic mass is 32.2. The largest absolute Gasteiger partial charge is 0.454 e. The standard InChI is InChI=1S/C22H23N3O5S/c1-14-5-8-20(15(2)10-14)31(26,27)25-9-3-4-17(12-25)22-24-23-21(30-22)16-6-7-18-19(11-16)29-13-28-18/h5-8,10-11,17H,3-4,9,12-13H2,1-2H3. The number of sulfonamides is 1. The minimum absolute atomic E-state index is 0.149. The number of hydrogen-bond donors (Lipinski definition) is 0. The third-order valence-corrected chi connectivity index (χ3v) is 7.77. The van der Waals surface area contributed by atoms with Gasteiger partial charge in [-0.25, -0.2) is 8.42 Å². The van der Waals surface area contributed by atoms with Crippen LogP contribution in [-0.4, -0.2) is 42.8 Å². The quantitative estimate of drug-likeness (QED) is 0.610. The van der Waals surface area contributed by atoms with Crippen LogP contribution in [0.25, 0.3) is 11.5 Å². The Morgan fingerprint density at radius 3 is 2.71 bits per heavy atom. The molecule has 1 unspecified atom stereocenters. The lowest BCUT2D eigenvalue weighted by Crippen LogP contribution is -2.39. The highest BCUT2D eigenvalue weighted by Gasteiger charge is 2.34. The third-order valence-electron chi connectivity index (χ3n) is 5.74. The van der Waals surface area contributed by atoms with Gasteiger partial charge >= 0.3 is 0 Å². The fourth-order valence-corrected chi connectivity index (χ4v) is 5.87. The smallest absolute Gasteiger partial charge is 0.247 e. The second kappa shape index (κ2) is 7.65. The highest BCUT2D eigenvalue weighted by molar-refractivity contribution is 7.89. The summed E-state index contributed by atoms with van der Waals surface area (Å²) < 4.78 is 44.7. The summed E-state index contributed by atoms with van der Waals surface area (Å²) in [6.07, 6.45) is 1.53. The van der Waals surface area contributed by atoms with E-state index in [-0.39, 0.29) is 12.7 Å². The molecule has 1 saturated heterocycles. The SMILES string of the molecule is Cc1ccc(S(=O)(=O)N2CCCC(c3nnc(-c4ccc5c(c4)OCO5)o3)C2)c(C)c1. The maximum Gasteiger partial charge on any atom is 0.247 e. The molecular weight excluding hydrogens is 418 g/mol. The van der Waals surface area contributed by atoms with E-state index in [1.165, 1.54) is 4.31 Å². The van der Waals surface area contributed by atoms with Crippen molar-refractivity contribution in [3.63, 3.8) is 0 Å². The molecule has 1 atom stereocenters. The molecule has 162 valence electrons. The number of hydrogen-bond acceptors (Lipinski definition) is 7. The summed E-state index contributed by atoms with van der Waals surface area (Å²) >= 11 is 0. The molecule has 1 aromatic heterocycles. The average molecular weight is 442 g/mol. The van der Waals surface area contributed by atoms with Crippen molar-refractivity contribution >= 4 is 10.0 Å². The first-order chi connectivity index (χ1) is 14.9. The van der Waals surface area contributed by atoms with Gasteiger partial charge in [0, 0.05) is 18.7 Å². The molecule has 1 fully saturated rings. The summed E-state index contributed by atoms with van der Waals surface area (Å²) in [5, 5.41) is 8.39. The van der Waals surface area contributed by atoms with E-state index in [4.69, 9.17) is 13.9 Å². The summed E-state index contributed by atoms with van der Waals surface area (Å²) in [7, 11) is -3.59. The first kappa shape index (κ1) is 20.0. The van der Waals surface area contributed by atoms with Gasteiger partial charge in [0.25, 0.3) is 0 Å². The fourth-order valence-electron chi connectivity index (χ4n) is 4.14. The second-order valence-electron chi connectivity index (χ2n) is 7.98. The Labute approximate surface area is 180 Å². The molecule has 0 spiro atoms. The maximum absolute atomic E-state index is 13.3. The van der Waals surface area contributed by atoms with E-state index in [0.29, 0.717) is 41.3 Å². The molecule has 2 aliphatic heterocycles. The van der Waals surface area contributed by atoms with Gasteiger partial charge in [-0.1, -0.05) is 17.7 Å². The van der Waals surface area contributed by atoms with Crippen LogP contribution >= 0.6 is 0 Å². The van der Waals surface area contributed by atoms with Crippen LogP contribution < -0.4 is 9.47 Å².